The van der Waals surface area contributed by atoms with Crippen LogP contribution in [-0.4, -0.2) is 6.16 Å². The summed E-state index contributed by atoms with van der Waals surface area (Å²) in [6, 6.07) is 18.6. The number of para-hydroxylation sites is 1. The quantitative estimate of drug-likeness (QED) is 0.258. The van der Waals surface area contributed by atoms with Crippen molar-refractivity contribution in [2.24, 2.45) is 0 Å². The first-order valence-corrected chi connectivity index (χ1v) is 7.87. The Balaban J connectivity index is 1.85. The van der Waals surface area contributed by atoms with E-state index in [-0.39, 0.29) is 22.3 Å². The molecule has 0 saturated heterocycles. The normalized spacial score (nSPS) is 10.8. The first kappa shape index (κ1) is 16.0. The number of carbonyl (C=O) groups is 1. The van der Waals surface area contributed by atoms with Crippen molar-refractivity contribution in [3.05, 3.63) is 84.4 Å². The van der Waals surface area contributed by atoms with Crippen LogP contribution in [0.15, 0.2) is 72.8 Å². The van der Waals surface area contributed by atoms with Crippen LogP contribution < -0.4 is 9.47 Å². The van der Waals surface area contributed by atoms with E-state index in [0.29, 0.717) is 10.8 Å². The largest absolute Gasteiger partial charge is 0.519 e. The standard InChI is InChI=1S/C21H12F2O3/c22-15-10-9-13-11-14-5-4-8-18(23)19(14)20(17(13)12-15)26-21(24)25-16-6-2-1-3-7-16/h1-12H. The fraction of sp³-hybridized carbons (Fsp3) is 0. The van der Waals surface area contributed by atoms with Gasteiger partial charge < -0.3 is 9.47 Å². The summed E-state index contributed by atoms with van der Waals surface area (Å²) in [5, 5.41) is 1.53. The second-order valence-corrected chi connectivity index (χ2v) is 5.68. The highest BCUT2D eigenvalue weighted by Gasteiger charge is 2.18. The molecular formula is C21H12F2O3. The summed E-state index contributed by atoms with van der Waals surface area (Å²) in [7, 11) is 0. The molecule has 4 rings (SSSR count). The molecule has 0 saturated carbocycles. The number of carbonyl (C=O) groups excluding carboxylic acids is 1. The van der Waals surface area contributed by atoms with Crippen LogP contribution in [-0.2, 0) is 0 Å². The van der Waals surface area contributed by atoms with E-state index >= 15 is 0 Å². The van der Waals surface area contributed by atoms with Crippen molar-refractivity contribution in [3.8, 4) is 11.5 Å². The molecule has 0 aromatic heterocycles. The highest BCUT2D eigenvalue weighted by atomic mass is 19.1. The molecule has 0 aliphatic carbocycles. The minimum absolute atomic E-state index is 0.0731. The Bertz CT molecular complexity index is 1120. The Kier molecular flexibility index (Phi) is 3.97. The van der Waals surface area contributed by atoms with Gasteiger partial charge in [-0.05, 0) is 47.2 Å². The van der Waals surface area contributed by atoms with Gasteiger partial charge in [0.2, 0.25) is 0 Å². The zero-order valence-corrected chi connectivity index (χ0v) is 13.4. The summed E-state index contributed by atoms with van der Waals surface area (Å²) in [6.07, 6.45) is -1.03. The van der Waals surface area contributed by atoms with Crippen molar-refractivity contribution in [1.29, 1.82) is 0 Å². The lowest BCUT2D eigenvalue weighted by Crippen LogP contribution is -2.14. The van der Waals surface area contributed by atoms with E-state index in [1.807, 2.05) is 0 Å². The molecule has 4 aromatic rings. The predicted molar refractivity (Wildman–Crippen MR) is 94.5 cm³/mol. The summed E-state index contributed by atoms with van der Waals surface area (Å²) < 4.78 is 38.6. The van der Waals surface area contributed by atoms with Crippen LogP contribution >= 0.6 is 0 Å². The molecule has 0 amide bonds. The summed E-state index contributed by atoms with van der Waals surface area (Å²) >= 11 is 0. The van der Waals surface area contributed by atoms with Crippen molar-refractivity contribution >= 4 is 27.7 Å². The van der Waals surface area contributed by atoms with Crippen LogP contribution in [0.3, 0.4) is 0 Å². The number of hydrogen-bond donors (Lipinski definition) is 0. The zero-order valence-electron chi connectivity index (χ0n) is 13.4. The van der Waals surface area contributed by atoms with Gasteiger partial charge in [0.05, 0.1) is 5.39 Å². The van der Waals surface area contributed by atoms with E-state index < -0.39 is 17.8 Å². The smallest absolute Gasteiger partial charge is 0.395 e. The fourth-order valence-electron chi connectivity index (χ4n) is 2.85. The molecule has 0 heterocycles. The van der Waals surface area contributed by atoms with Gasteiger partial charge >= 0.3 is 6.16 Å². The predicted octanol–water partition coefficient (Wildman–Crippen LogP) is 5.85. The van der Waals surface area contributed by atoms with Gasteiger partial charge in [0.25, 0.3) is 0 Å². The summed E-state index contributed by atoms with van der Waals surface area (Å²) in [4.78, 5) is 12.2. The molecule has 0 aliphatic heterocycles. The van der Waals surface area contributed by atoms with E-state index in [9.17, 15) is 13.6 Å². The van der Waals surface area contributed by atoms with Gasteiger partial charge in [-0.25, -0.2) is 13.6 Å². The van der Waals surface area contributed by atoms with Crippen LogP contribution in [0.1, 0.15) is 0 Å². The molecule has 0 aliphatic rings. The number of fused-ring (bicyclic) bond motifs is 2. The fourth-order valence-corrected chi connectivity index (χ4v) is 2.85. The summed E-state index contributed by atoms with van der Waals surface area (Å²) in [6.45, 7) is 0. The van der Waals surface area contributed by atoms with Crippen LogP contribution in [0.2, 0.25) is 0 Å². The molecule has 0 unspecified atom stereocenters. The maximum absolute atomic E-state index is 14.4. The van der Waals surface area contributed by atoms with Gasteiger partial charge in [-0.1, -0.05) is 36.4 Å². The van der Waals surface area contributed by atoms with Crippen molar-refractivity contribution in [3.63, 3.8) is 0 Å². The Hall–Kier alpha value is -3.47. The monoisotopic (exact) mass is 350 g/mol. The molecule has 0 spiro atoms. The van der Waals surface area contributed by atoms with Crippen molar-refractivity contribution in [1.82, 2.24) is 0 Å². The van der Waals surface area contributed by atoms with E-state index in [0.717, 1.165) is 0 Å². The van der Waals surface area contributed by atoms with Gasteiger partial charge in [-0.3, -0.25) is 0 Å². The molecule has 128 valence electrons. The average molecular weight is 350 g/mol. The Morgan fingerprint density at radius 2 is 1.58 bits per heavy atom. The third kappa shape index (κ3) is 2.95. The second kappa shape index (κ2) is 6.44. The molecular weight excluding hydrogens is 338 g/mol. The highest BCUT2D eigenvalue weighted by Crippen LogP contribution is 2.37. The minimum Gasteiger partial charge on any atom is -0.395 e. The van der Waals surface area contributed by atoms with E-state index in [1.165, 1.54) is 18.2 Å². The third-order valence-electron chi connectivity index (χ3n) is 3.97. The van der Waals surface area contributed by atoms with Gasteiger partial charge in [0.1, 0.15) is 17.4 Å². The summed E-state index contributed by atoms with van der Waals surface area (Å²) in [5.74, 6) is -0.879. The number of hydrogen-bond acceptors (Lipinski definition) is 3. The molecule has 26 heavy (non-hydrogen) atoms. The Labute approximate surface area is 147 Å². The summed E-state index contributed by atoms with van der Waals surface area (Å²) in [5.41, 5.74) is 0. The molecule has 0 radical (unpaired) electrons. The van der Waals surface area contributed by atoms with E-state index in [1.54, 1.807) is 54.6 Å². The highest BCUT2D eigenvalue weighted by molar-refractivity contribution is 6.06. The van der Waals surface area contributed by atoms with Gasteiger partial charge in [-0.15, -0.1) is 0 Å². The Morgan fingerprint density at radius 3 is 2.38 bits per heavy atom. The van der Waals surface area contributed by atoms with Crippen LogP contribution in [0.25, 0.3) is 21.5 Å². The van der Waals surface area contributed by atoms with E-state index in [4.69, 9.17) is 9.47 Å². The molecule has 0 fully saturated rings. The maximum atomic E-state index is 14.4. The lowest BCUT2D eigenvalue weighted by Gasteiger charge is -2.12. The topological polar surface area (TPSA) is 35.5 Å². The van der Waals surface area contributed by atoms with Gasteiger partial charge in [-0.2, -0.15) is 0 Å². The first-order valence-electron chi connectivity index (χ1n) is 7.87. The zero-order chi connectivity index (χ0) is 18.1. The van der Waals surface area contributed by atoms with Crippen LogP contribution in [0.5, 0.6) is 11.5 Å². The molecule has 3 nitrogen and oxygen atoms in total. The van der Waals surface area contributed by atoms with Crippen molar-refractivity contribution < 1.29 is 23.0 Å². The van der Waals surface area contributed by atoms with Crippen molar-refractivity contribution in [2.75, 3.05) is 0 Å². The third-order valence-corrected chi connectivity index (χ3v) is 3.97. The number of ether oxygens (including phenoxy) is 2. The van der Waals surface area contributed by atoms with Crippen molar-refractivity contribution in [2.45, 2.75) is 0 Å². The molecule has 0 atom stereocenters. The van der Waals surface area contributed by atoms with Crippen LogP contribution in [0.4, 0.5) is 13.6 Å². The molecule has 4 aromatic carbocycles. The lowest BCUT2D eigenvalue weighted by molar-refractivity contribution is 0.153. The number of benzene rings is 4. The molecule has 0 bridgehead atoms. The minimum atomic E-state index is -1.03. The number of rotatable bonds is 2. The first-order chi connectivity index (χ1) is 12.6. The SMILES string of the molecule is O=C(Oc1ccccc1)Oc1c2cc(F)ccc2cc2cccc(F)c12. The lowest BCUT2D eigenvalue weighted by atomic mass is 10.0. The Morgan fingerprint density at radius 1 is 0.769 bits per heavy atom. The average Bonchev–Trinajstić information content (AvgIpc) is 2.63. The van der Waals surface area contributed by atoms with E-state index in [2.05, 4.69) is 0 Å². The second-order valence-electron chi connectivity index (χ2n) is 5.68. The van der Waals surface area contributed by atoms with Crippen LogP contribution in [0, 0.1) is 11.6 Å². The van der Waals surface area contributed by atoms with Gasteiger partial charge in [0.15, 0.2) is 5.75 Å². The molecule has 5 heteroatoms. The number of halogens is 2. The maximum Gasteiger partial charge on any atom is 0.519 e. The van der Waals surface area contributed by atoms with Gasteiger partial charge in [0, 0.05) is 5.39 Å². The molecule has 0 N–H and O–H groups in total.